The van der Waals surface area contributed by atoms with Crippen LogP contribution < -0.4 is 0 Å². The predicted molar refractivity (Wildman–Crippen MR) is 54.4 cm³/mol. The molecule has 1 amide bonds. The normalized spacial score (nSPS) is 23.5. The molecular weight excluding hydrogens is 254 g/mol. The number of rotatable bonds is 1. The first kappa shape index (κ1) is 13.7. The van der Waals surface area contributed by atoms with Crippen molar-refractivity contribution in [1.29, 1.82) is 0 Å². The van der Waals surface area contributed by atoms with Crippen molar-refractivity contribution in [3.05, 3.63) is 0 Å². The second-order valence-electron chi connectivity index (χ2n) is 4.37. The molecule has 1 rings (SSSR count). The molecule has 0 aliphatic carbocycles. The summed E-state index contributed by atoms with van der Waals surface area (Å²) in [5, 5.41) is 8.77. The van der Waals surface area contributed by atoms with E-state index in [2.05, 4.69) is 4.18 Å². The fourth-order valence-corrected chi connectivity index (χ4v) is 2.22. The quantitative estimate of drug-likeness (QED) is 0.709. The van der Waals surface area contributed by atoms with Gasteiger partial charge in [-0.25, -0.2) is 9.59 Å². The molecule has 0 radical (unpaired) electrons. The van der Waals surface area contributed by atoms with Crippen molar-refractivity contribution in [1.82, 2.24) is 4.31 Å². The molecule has 0 aromatic rings. The summed E-state index contributed by atoms with van der Waals surface area (Å²) < 4.78 is 31.9. The highest BCUT2D eigenvalue weighted by Gasteiger charge is 2.48. The third kappa shape index (κ3) is 3.07. The van der Waals surface area contributed by atoms with Crippen LogP contribution in [0.3, 0.4) is 0 Å². The fourth-order valence-electron chi connectivity index (χ4n) is 1.13. The molecule has 1 N–H and O–H groups in total. The van der Waals surface area contributed by atoms with Crippen LogP contribution in [-0.2, 0) is 24.0 Å². The van der Waals surface area contributed by atoms with Gasteiger partial charge in [-0.2, -0.15) is 12.7 Å². The molecule has 1 heterocycles. The molecule has 0 saturated carbocycles. The summed E-state index contributed by atoms with van der Waals surface area (Å²) >= 11 is 0. The molecular formula is C8H13NO7S. The fraction of sp³-hybridized carbons (Fsp3) is 0.750. The maximum absolute atomic E-state index is 11.6. The Labute approximate surface area is 98.4 Å². The summed E-state index contributed by atoms with van der Waals surface area (Å²) in [6, 6.07) is -1.59. The summed E-state index contributed by atoms with van der Waals surface area (Å²) in [7, 11) is -4.37. The molecule has 0 bridgehead atoms. The van der Waals surface area contributed by atoms with Gasteiger partial charge >= 0.3 is 22.4 Å². The molecule has 1 aliphatic heterocycles. The van der Waals surface area contributed by atoms with Crippen molar-refractivity contribution in [3.8, 4) is 0 Å². The Kier molecular flexibility index (Phi) is 3.35. The molecule has 9 heteroatoms. The number of amides is 1. The Hall–Kier alpha value is -1.35. The van der Waals surface area contributed by atoms with E-state index in [1.165, 1.54) is 20.8 Å². The monoisotopic (exact) mass is 267 g/mol. The maximum Gasteiger partial charge on any atom is 0.426 e. The first-order chi connectivity index (χ1) is 7.54. The van der Waals surface area contributed by atoms with Gasteiger partial charge in [-0.3, -0.25) is 4.18 Å². The van der Waals surface area contributed by atoms with Crippen molar-refractivity contribution in [3.63, 3.8) is 0 Å². The first-order valence-corrected chi connectivity index (χ1v) is 6.06. The van der Waals surface area contributed by atoms with Gasteiger partial charge in [-0.15, -0.1) is 0 Å². The van der Waals surface area contributed by atoms with Gasteiger partial charge in [0.05, 0.1) is 0 Å². The van der Waals surface area contributed by atoms with Gasteiger partial charge in [-0.1, -0.05) is 0 Å². The van der Waals surface area contributed by atoms with Crippen LogP contribution in [0.4, 0.5) is 4.79 Å². The molecule has 1 aliphatic rings. The van der Waals surface area contributed by atoms with E-state index in [1.807, 2.05) is 0 Å². The maximum atomic E-state index is 11.6. The number of hydrogen-bond acceptors (Lipinski definition) is 6. The second-order valence-corrected chi connectivity index (χ2v) is 5.86. The van der Waals surface area contributed by atoms with Crippen molar-refractivity contribution < 1.29 is 32.0 Å². The highest BCUT2D eigenvalue weighted by molar-refractivity contribution is 7.85. The Bertz CT molecular complexity index is 435. The molecule has 0 aromatic carbocycles. The topological polar surface area (TPSA) is 110 Å². The van der Waals surface area contributed by atoms with E-state index in [0.29, 0.717) is 0 Å². The van der Waals surface area contributed by atoms with E-state index in [4.69, 9.17) is 9.84 Å². The molecule has 8 nitrogen and oxygen atoms in total. The molecule has 1 atom stereocenters. The lowest BCUT2D eigenvalue weighted by Gasteiger charge is -2.24. The van der Waals surface area contributed by atoms with Gasteiger partial charge in [0.15, 0.2) is 6.04 Å². The standard InChI is InChI=1S/C8H13NO7S/c1-8(2,3)16-7(12)9-5(6(10)11)4-15-17(9,13)14/h5H,4H2,1-3H3,(H,10,11)/t5-/m0/s1. The molecule has 17 heavy (non-hydrogen) atoms. The summed E-state index contributed by atoms with van der Waals surface area (Å²) in [5.41, 5.74) is -0.932. The van der Waals surface area contributed by atoms with Crippen molar-refractivity contribution in [2.45, 2.75) is 32.4 Å². The molecule has 1 saturated heterocycles. The van der Waals surface area contributed by atoms with Gasteiger partial charge in [0.2, 0.25) is 0 Å². The second kappa shape index (κ2) is 4.15. The van der Waals surface area contributed by atoms with Crippen molar-refractivity contribution in [2.75, 3.05) is 6.61 Å². The summed E-state index contributed by atoms with van der Waals surface area (Å²) in [6.07, 6.45) is -1.26. The number of hydrogen-bond donors (Lipinski definition) is 1. The Morgan fingerprint density at radius 1 is 1.41 bits per heavy atom. The zero-order valence-electron chi connectivity index (χ0n) is 9.54. The Balaban J connectivity index is 2.99. The van der Waals surface area contributed by atoms with Crippen LogP contribution in [-0.4, -0.2) is 48.1 Å². The summed E-state index contributed by atoms with van der Waals surface area (Å²) in [4.78, 5) is 22.3. The summed E-state index contributed by atoms with van der Waals surface area (Å²) in [5.74, 6) is -1.48. The van der Waals surface area contributed by atoms with E-state index in [-0.39, 0.29) is 4.31 Å². The SMILES string of the molecule is CC(C)(C)OC(=O)N1[C@H](C(=O)O)COS1(=O)=O. The number of ether oxygens (including phenoxy) is 1. The van der Waals surface area contributed by atoms with Crippen LogP contribution in [0.1, 0.15) is 20.8 Å². The molecule has 98 valence electrons. The number of carbonyl (C=O) groups excluding carboxylic acids is 1. The lowest BCUT2D eigenvalue weighted by atomic mass is 10.2. The minimum Gasteiger partial charge on any atom is -0.480 e. The van der Waals surface area contributed by atoms with Gasteiger partial charge in [0, 0.05) is 0 Å². The zero-order valence-corrected chi connectivity index (χ0v) is 10.4. The highest BCUT2D eigenvalue weighted by atomic mass is 32.2. The Morgan fingerprint density at radius 3 is 2.35 bits per heavy atom. The minimum atomic E-state index is -4.37. The summed E-state index contributed by atoms with van der Waals surface area (Å²) in [6.45, 7) is 3.98. The van der Waals surface area contributed by atoms with E-state index < -0.39 is 40.6 Å². The van der Waals surface area contributed by atoms with E-state index in [9.17, 15) is 18.0 Å². The minimum absolute atomic E-state index is 0.0978. The van der Waals surface area contributed by atoms with E-state index in [1.54, 1.807) is 0 Å². The van der Waals surface area contributed by atoms with Crippen LogP contribution in [0.5, 0.6) is 0 Å². The number of nitrogens with zero attached hydrogens (tertiary/aromatic N) is 1. The van der Waals surface area contributed by atoms with Crippen LogP contribution in [0.2, 0.25) is 0 Å². The molecule has 0 spiro atoms. The average Bonchev–Trinajstić information content (AvgIpc) is 2.37. The zero-order chi connectivity index (χ0) is 13.4. The Morgan fingerprint density at radius 2 is 1.94 bits per heavy atom. The van der Waals surface area contributed by atoms with Gasteiger partial charge < -0.3 is 9.84 Å². The largest absolute Gasteiger partial charge is 0.480 e. The number of aliphatic carboxylic acids is 1. The first-order valence-electron chi connectivity index (χ1n) is 4.69. The van der Waals surface area contributed by atoms with Crippen LogP contribution in [0, 0.1) is 0 Å². The van der Waals surface area contributed by atoms with Gasteiger partial charge in [0.1, 0.15) is 12.2 Å². The molecule has 1 fully saturated rings. The molecule has 0 aromatic heterocycles. The van der Waals surface area contributed by atoms with E-state index in [0.717, 1.165) is 0 Å². The van der Waals surface area contributed by atoms with Crippen molar-refractivity contribution in [2.24, 2.45) is 0 Å². The van der Waals surface area contributed by atoms with Gasteiger partial charge in [0.25, 0.3) is 0 Å². The highest BCUT2D eigenvalue weighted by Crippen LogP contribution is 2.22. The number of carboxylic acid groups (broad SMARTS) is 1. The van der Waals surface area contributed by atoms with E-state index >= 15 is 0 Å². The number of carboxylic acids is 1. The van der Waals surface area contributed by atoms with Crippen molar-refractivity contribution >= 4 is 22.4 Å². The smallest absolute Gasteiger partial charge is 0.426 e. The predicted octanol–water partition coefficient (Wildman–Crippen LogP) is -0.0483. The van der Waals surface area contributed by atoms with Crippen LogP contribution in [0.25, 0.3) is 0 Å². The number of carbonyl (C=O) groups is 2. The molecule has 0 unspecified atom stereocenters. The lowest BCUT2D eigenvalue weighted by Crippen LogP contribution is -2.46. The average molecular weight is 267 g/mol. The lowest BCUT2D eigenvalue weighted by molar-refractivity contribution is -0.141. The van der Waals surface area contributed by atoms with Gasteiger partial charge in [-0.05, 0) is 20.8 Å². The third-order valence-electron chi connectivity index (χ3n) is 1.76. The van der Waals surface area contributed by atoms with Crippen LogP contribution >= 0.6 is 0 Å². The van der Waals surface area contributed by atoms with Crippen LogP contribution in [0.15, 0.2) is 0 Å². The third-order valence-corrected chi connectivity index (χ3v) is 3.08.